The third kappa shape index (κ3) is 4.64. The van der Waals surface area contributed by atoms with E-state index in [0.29, 0.717) is 19.0 Å². The Morgan fingerprint density at radius 1 is 0.516 bits per heavy atom. The van der Waals surface area contributed by atoms with Gasteiger partial charge in [-0.1, -0.05) is 60.7 Å². The van der Waals surface area contributed by atoms with Crippen molar-refractivity contribution in [1.82, 2.24) is 0 Å². The second kappa shape index (κ2) is 10.3. The molecule has 0 unspecified atom stereocenters. The normalized spacial score (nSPS) is 11.2. The third-order valence-electron chi connectivity index (χ3n) is 5.10. The molecule has 4 aromatic carbocycles. The zero-order valence-electron chi connectivity index (χ0n) is 17.3. The first-order valence-corrected chi connectivity index (χ1v) is 10.4. The van der Waals surface area contributed by atoms with E-state index in [2.05, 4.69) is 24.3 Å². The Bertz CT molecular complexity index is 1160. The van der Waals surface area contributed by atoms with E-state index in [9.17, 15) is 5.11 Å². The molecule has 4 rings (SSSR count). The molecule has 5 nitrogen and oxygen atoms in total. The van der Waals surface area contributed by atoms with E-state index >= 15 is 0 Å². The van der Waals surface area contributed by atoms with Gasteiger partial charge >= 0.3 is 0 Å². The summed E-state index contributed by atoms with van der Waals surface area (Å²) in [5, 5.41) is 22.5. The van der Waals surface area contributed by atoms with Gasteiger partial charge in [0.1, 0.15) is 24.7 Å². The molecular weight excluding hydrogens is 392 g/mol. The highest BCUT2D eigenvalue weighted by Gasteiger charge is 2.19. The molecule has 5 heteroatoms. The lowest BCUT2D eigenvalue weighted by molar-refractivity contribution is 0.0706. The minimum absolute atomic E-state index is 0.0111. The van der Waals surface area contributed by atoms with E-state index < -0.39 is 0 Å². The molecule has 0 aliphatic carbocycles. The summed E-state index contributed by atoms with van der Waals surface area (Å²) in [5.74, 6) is 1.43. The quantitative estimate of drug-likeness (QED) is 0.373. The van der Waals surface area contributed by atoms with Crippen LogP contribution in [0.4, 0.5) is 0 Å². The zero-order chi connectivity index (χ0) is 21.5. The first kappa shape index (κ1) is 21.1. The van der Waals surface area contributed by atoms with Gasteiger partial charge in [-0.2, -0.15) is 0 Å². The summed E-state index contributed by atoms with van der Waals surface area (Å²) >= 11 is 0. The molecule has 0 atom stereocenters. The fourth-order valence-electron chi connectivity index (χ4n) is 3.79. The monoisotopic (exact) mass is 418 g/mol. The van der Waals surface area contributed by atoms with Crippen LogP contribution < -0.4 is 9.47 Å². The van der Waals surface area contributed by atoms with Crippen molar-refractivity contribution in [3.05, 3.63) is 72.8 Å². The lowest BCUT2D eigenvalue weighted by Crippen LogP contribution is -2.10. The molecule has 0 saturated heterocycles. The maximum atomic E-state index is 9.33. The van der Waals surface area contributed by atoms with Gasteiger partial charge in [-0.3, -0.25) is 0 Å². The van der Waals surface area contributed by atoms with Crippen LogP contribution in [0.2, 0.25) is 0 Å². The van der Waals surface area contributed by atoms with E-state index in [-0.39, 0.29) is 26.4 Å². The average molecular weight is 418 g/mol. The van der Waals surface area contributed by atoms with Gasteiger partial charge < -0.3 is 24.4 Å². The highest BCUT2D eigenvalue weighted by Crippen LogP contribution is 2.45. The third-order valence-corrected chi connectivity index (χ3v) is 5.10. The Morgan fingerprint density at radius 3 is 1.58 bits per heavy atom. The minimum atomic E-state index is -0.0621. The van der Waals surface area contributed by atoms with Gasteiger partial charge in [-0.15, -0.1) is 0 Å². The molecule has 31 heavy (non-hydrogen) atoms. The number of benzene rings is 4. The van der Waals surface area contributed by atoms with Crippen LogP contribution >= 0.6 is 0 Å². The molecule has 0 aliphatic rings. The average Bonchev–Trinajstić information content (AvgIpc) is 2.82. The van der Waals surface area contributed by atoms with Crippen LogP contribution in [0.5, 0.6) is 11.5 Å². The summed E-state index contributed by atoms with van der Waals surface area (Å²) < 4.78 is 17.5. The van der Waals surface area contributed by atoms with Crippen molar-refractivity contribution in [1.29, 1.82) is 0 Å². The molecule has 0 heterocycles. The van der Waals surface area contributed by atoms with Gasteiger partial charge in [-0.25, -0.2) is 0 Å². The summed E-state index contributed by atoms with van der Waals surface area (Å²) in [7, 11) is 0. The van der Waals surface area contributed by atoms with Gasteiger partial charge in [0, 0.05) is 11.1 Å². The summed E-state index contributed by atoms with van der Waals surface area (Å²) in [4.78, 5) is 0. The summed E-state index contributed by atoms with van der Waals surface area (Å²) in [6.45, 7) is 1.17. The molecule has 0 amide bonds. The number of hydrogen-bond donors (Lipinski definition) is 2. The highest BCUT2D eigenvalue weighted by atomic mass is 16.5. The molecule has 0 aromatic heterocycles. The van der Waals surface area contributed by atoms with E-state index in [4.69, 9.17) is 19.3 Å². The predicted molar refractivity (Wildman–Crippen MR) is 123 cm³/mol. The lowest BCUT2D eigenvalue weighted by atomic mass is 9.92. The maximum absolute atomic E-state index is 9.33. The Labute approximate surface area is 181 Å². The smallest absolute Gasteiger partial charge is 0.128 e. The Hall–Kier alpha value is -3.12. The number of aliphatic hydroxyl groups excluding tert-OH is 2. The van der Waals surface area contributed by atoms with E-state index in [1.54, 1.807) is 0 Å². The Kier molecular flexibility index (Phi) is 6.99. The van der Waals surface area contributed by atoms with Crippen molar-refractivity contribution in [2.24, 2.45) is 0 Å². The number of fused-ring (bicyclic) bond motifs is 2. The van der Waals surface area contributed by atoms with Gasteiger partial charge in [0.25, 0.3) is 0 Å². The molecule has 0 spiro atoms. The second-order valence-electron chi connectivity index (χ2n) is 7.08. The van der Waals surface area contributed by atoms with Crippen molar-refractivity contribution >= 4 is 21.5 Å². The van der Waals surface area contributed by atoms with Gasteiger partial charge in [-0.05, 0) is 33.7 Å². The van der Waals surface area contributed by atoms with E-state index in [1.807, 2.05) is 48.5 Å². The first-order valence-electron chi connectivity index (χ1n) is 10.4. The summed E-state index contributed by atoms with van der Waals surface area (Å²) in [6, 6.07) is 24.3. The highest BCUT2D eigenvalue weighted by molar-refractivity contribution is 6.09. The van der Waals surface area contributed by atoms with Crippen molar-refractivity contribution in [3.8, 4) is 22.6 Å². The molecular formula is C26H26O5. The van der Waals surface area contributed by atoms with Crippen molar-refractivity contribution in [2.75, 3.05) is 39.6 Å². The van der Waals surface area contributed by atoms with Gasteiger partial charge in [0.05, 0.1) is 26.4 Å². The van der Waals surface area contributed by atoms with Crippen LogP contribution in [0.15, 0.2) is 72.8 Å². The molecule has 0 radical (unpaired) electrons. The topological polar surface area (TPSA) is 68.2 Å². The number of hydrogen-bond acceptors (Lipinski definition) is 5. The molecule has 0 saturated carbocycles. The van der Waals surface area contributed by atoms with Crippen LogP contribution in [0, 0.1) is 0 Å². The van der Waals surface area contributed by atoms with Crippen LogP contribution in [-0.4, -0.2) is 49.9 Å². The Balaban J connectivity index is 1.89. The molecule has 160 valence electrons. The largest absolute Gasteiger partial charge is 0.491 e. The second-order valence-corrected chi connectivity index (χ2v) is 7.08. The van der Waals surface area contributed by atoms with Crippen molar-refractivity contribution in [3.63, 3.8) is 0 Å². The standard InChI is InChI=1S/C26H26O5/c27-13-15-29-17-18-31-24-12-10-20-6-2-4-8-22(20)26(24)25-21-7-3-1-5-19(21)9-11-23(25)30-16-14-28/h1-12,27-28H,13-18H2. The summed E-state index contributed by atoms with van der Waals surface area (Å²) in [5.41, 5.74) is 1.89. The zero-order valence-corrected chi connectivity index (χ0v) is 17.3. The number of rotatable bonds is 10. The number of aliphatic hydroxyl groups is 2. The van der Waals surface area contributed by atoms with Crippen LogP contribution in [0.3, 0.4) is 0 Å². The molecule has 4 aromatic rings. The van der Waals surface area contributed by atoms with Crippen molar-refractivity contribution in [2.45, 2.75) is 0 Å². The number of ether oxygens (including phenoxy) is 3. The first-order chi connectivity index (χ1) is 15.3. The molecule has 0 aliphatic heterocycles. The lowest BCUT2D eigenvalue weighted by Gasteiger charge is -2.19. The molecule has 0 fully saturated rings. The molecule has 0 bridgehead atoms. The van der Waals surface area contributed by atoms with Crippen LogP contribution in [-0.2, 0) is 4.74 Å². The van der Waals surface area contributed by atoms with Crippen molar-refractivity contribution < 1.29 is 24.4 Å². The van der Waals surface area contributed by atoms with E-state index in [1.165, 1.54) is 0 Å². The van der Waals surface area contributed by atoms with E-state index in [0.717, 1.165) is 38.4 Å². The van der Waals surface area contributed by atoms with Gasteiger partial charge in [0.2, 0.25) is 0 Å². The van der Waals surface area contributed by atoms with Crippen LogP contribution in [0.25, 0.3) is 32.7 Å². The fraction of sp³-hybridized carbons (Fsp3) is 0.231. The predicted octanol–water partition coefficient (Wildman–Crippen LogP) is 4.42. The maximum Gasteiger partial charge on any atom is 0.128 e. The minimum Gasteiger partial charge on any atom is -0.491 e. The van der Waals surface area contributed by atoms with Crippen LogP contribution in [0.1, 0.15) is 0 Å². The fourth-order valence-corrected chi connectivity index (χ4v) is 3.79. The Morgan fingerprint density at radius 2 is 1.03 bits per heavy atom. The molecule has 2 N–H and O–H groups in total. The summed E-state index contributed by atoms with van der Waals surface area (Å²) in [6.07, 6.45) is 0. The van der Waals surface area contributed by atoms with Gasteiger partial charge in [0.15, 0.2) is 0 Å². The SMILES string of the molecule is OCCOCCOc1ccc2ccccc2c1-c1c(OCCO)ccc2ccccc12.